The molecule has 0 saturated carbocycles. The molecule has 0 radical (unpaired) electrons. The number of benzene rings is 4. The molecule has 0 aromatic heterocycles. The Bertz CT molecular complexity index is 1080. The van der Waals surface area contributed by atoms with Crippen molar-refractivity contribution in [3.05, 3.63) is 116 Å². The minimum absolute atomic E-state index is 0.405. The summed E-state index contributed by atoms with van der Waals surface area (Å²) in [6.07, 6.45) is 0. The number of ether oxygens (including phenoxy) is 1. The highest BCUT2D eigenvalue weighted by molar-refractivity contribution is 6.39. The molecule has 0 spiro atoms. The Morgan fingerprint density at radius 3 is 1.19 bits per heavy atom. The summed E-state index contributed by atoms with van der Waals surface area (Å²) in [6, 6.07) is 27.0. The van der Waals surface area contributed by atoms with Crippen LogP contribution in [0.5, 0.6) is 0 Å². The van der Waals surface area contributed by atoms with E-state index in [0.29, 0.717) is 33.3 Å². The van der Waals surface area contributed by atoms with Gasteiger partial charge in [0.05, 0.1) is 13.2 Å². The summed E-state index contributed by atoms with van der Waals surface area (Å²) in [4.78, 5) is 0. The molecule has 0 atom stereocenters. The van der Waals surface area contributed by atoms with Crippen molar-refractivity contribution in [3.8, 4) is 22.3 Å². The number of hydrogen-bond acceptors (Lipinski definition) is 1. The largest absolute Gasteiger partial charge is 0.372 e. The number of halogens is 4. The van der Waals surface area contributed by atoms with E-state index >= 15 is 0 Å². The molecule has 4 rings (SSSR count). The van der Waals surface area contributed by atoms with E-state index in [0.717, 1.165) is 33.4 Å². The molecule has 5 heteroatoms. The van der Waals surface area contributed by atoms with Gasteiger partial charge in [-0.05, 0) is 46.5 Å². The Morgan fingerprint density at radius 1 is 0.452 bits per heavy atom. The molecule has 31 heavy (non-hydrogen) atoms. The van der Waals surface area contributed by atoms with Crippen LogP contribution < -0.4 is 0 Å². The molecule has 0 heterocycles. The van der Waals surface area contributed by atoms with Gasteiger partial charge in [-0.1, -0.05) is 107 Å². The molecule has 0 amide bonds. The van der Waals surface area contributed by atoms with E-state index in [1.807, 2.05) is 84.9 Å². The average Bonchev–Trinajstić information content (AvgIpc) is 2.75. The molecule has 1 nitrogen and oxygen atoms in total. The highest BCUT2D eigenvalue weighted by atomic mass is 35.5. The highest BCUT2D eigenvalue weighted by Crippen LogP contribution is 2.38. The minimum atomic E-state index is 0.405. The molecule has 0 aliphatic rings. The van der Waals surface area contributed by atoms with Gasteiger partial charge in [-0.25, -0.2) is 0 Å². The quantitative estimate of drug-likeness (QED) is 0.263. The zero-order valence-corrected chi connectivity index (χ0v) is 19.4. The lowest BCUT2D eigenvalue weighted by atomic mass is 9.99. The topological polar surface area (TPSA) is 9.23 Å². The van der Waals surface area contributed by atoms with Crippen molar-refractivity contribution in [3.63, 3.8) is 0 Å². The standard InChI is InChI=1S/C26H18Cl4O/c27-21-11-5-12-22(28)25(21)19-9-3-1-7-17(19)15-31-16-18-8-2-4-10-20(18)26-23(29)13-6-14-24(26)30/h1-14H,15-16H2. The van der Waals surface area contributed by atoms with Crippen LogP contribution in [0.1, 0.15) is 11.1 Å². The Labute approximate surface area is 202 Å². The first kappa shape index (κ1) is 22.2. The van der Waals surface area contributed by atoms with E-state index in [4.69, 9.17) is 51.1 Å². The van der Waals surface area contributed by atoms with Crippen molar-refractivity contribution in [1.82, 2.24) is 0 Å². The minimum Gasteiger partial charge on any atom is -0.372 e. The third-order valence-corrected chi connectivity index (χ3v) is 6.27. The molecule has 0 aliphatic carbocycles. The fourth-order valence-electron chi connectivity index (χ4n) is 3.56. The fourth-order valence-corrected chi connectivity index (χ4v) is 4.76. The van der Waals surface area contributed by atoms with E-state index in [-0.39, 0.29) is 0 Å². The van der Waals surface area contributed by atoms with Crippen molar-refractivity contribution >= 4 is 46.4 Å². The monoisotopic (exact) mass is 486 g/mol. The molecular weight excluding hydrogens is 470 g/mol. The van der Waals surface area contributed by atoms with Gasteiger partial charge >= 0.3 is 0 Å². The van der Waals surface area contributed by atoms with Crippen LogP contribution in [0.3, 0.4) is 0 Å². The summed E-state index contributed by atoms with van der Waals surface area (Å²) in [5, 5.41) is 2.44. The van der Waals surface area contributed by atoms with Gasteiger partial charge in [-0.15, -0.1) is 0 Å². The Kier molecular flexibility index (Phi) is 7.22. The van der Waals surface area contributed by atoms with Crippen LogP contribution in [0.2, 0.25) is 20.1 Å². The summed E-state index contributed by atoms with van der Waals surface area (Å²) >= 11 is 25.7. The zero-order chi connectivity index (χ0) is 21.8. The van der Waals surface area contributed by atoms with Gasteiger partial charge in [0.25, 0.3) is 0 Å². The summed E-state index contributed by atoms with van der Waals surface area (Å²) in [7, 11) is 0. The number of rotatable bonds is 6. The summed E-state index contributed by atoms with van der Waals surface area (Å²) in [5.41, 5.74) is 5.55. The second-order valence-electron chi connectivity index (χ2n) is 7.00. The molecule has 4 aromatic carbocycles. The van der Waals surface area contributed by atoms with Gasteiger partial charge in [0, 0.05) is 31.2 Å². The van der Waals surface area contributed by atoms with Crippen LogP contribution in [0.15, 0.2) is 84.9 Å². The van der Waals surface area contributed by atoms with Crippen molar-refractivity contribution in [1.29, 1.82) is 0 Å². The van der Waals surface area contributed by atoms with E-state index in [1.54, 1.807) is 0 Å². The first-order valence-corrected chi connectivity index (χ1v) is 11.2. The predicted octanol–water partition coefficient (Wildman–Crippen LogP) is 9.35. The molecule has 0 N–H and O–H groups in total. The molecule has 0 saturated heterocycles. The average molecular weight is 488 g/mol. The van der Waals surface area contributed by atoms with Crippen LogP contribution in [-0.4, -0.2) is 0 Å². The normalized spacial score (nSPS) is 11.0. The molecular formula is C26H18Cl4O. The lowest BCUT2D eigenvalue weighted by Crippen LogP contribution is -1.99. The second-order valence-corrected chi connectivity index (χ2v) is 8.63. The maximum absolute atomic E-state index is 6.43. The van der Waals surface area contributed by atoms with Gasteiger partial charge < -0.3 is 4.74 Å². The van der Waals surface area contributed by atoms with Gasteiger partial charge in [-0.3, -0.25) is 0 Å². The molecule has 0 bridgehead atoms. The first-order valence-electron chi connectivity index (χ1n) is 9.68. The van der Waals surface area contributed by atoms with Crippen molar-refractivity contribution < 1.29 is 4.74 Å². The Hall–Kier alpha value is -2.00. The van der Waals surface area contributed by atoms with Crippen LogP contribution in [0.4, 0.5) is 0 Å². The maximum Gasteiger partial charge on any atom is 0.0727 e. The third kappa shape index (κ3) is 4.92. The molecule has 0 unspecified atom stereocenters. The van der Waals surface area contributed by atoms with Crippen molar-refractivity contribution in [2.24, 2.45) is 0 Å². The van der Waals surface area contributed by atoms with Crippen LogP contribution in [0.25, 0.3) is 22.3 Å². The van der Waals surface area contributed by atoms with Gasteiger partial charge in [0.1, 0.15) is 0 Å². The van der Waals surface area contributed by atoms with Crippen molar-refractivity contribution in [2.45, 2.75) is 13.2 Å². The van der Waals surface area contributed by atoms with Gasteiger partial charge in [-0.2, -0.15) is 0 Å². The molecule has 0 aliphatic heterocycles. The molecule has 156 valence electrons. The van der Waals surface area contributed by atoms with E-state index in [2.05, 4.69) is 0 Å². The van der Waals surface area contributed by atoms with E-state index in [9.17, 15) is 0 Å². The van der Waals surface area contributed by atoms with E-state index < -0.39 is 0 Å². The summed E-state index contributed by atoms with van der Waals surface area (Å²) in [5.74, 6) is 0. The lowest BCUT2D eigenvalue weighted by Gasteiger charge is -2.15. The van der Waals surface area contributed by atoms with Gasteiger partial charge in [0.15, 0.2) is 0 Å². The predicted molar refractivity (Wildman–Crippen MR) is 132 cm³/mol. The summed E-state index contributed by atoms with van der Waals surface area (Å²) in [6.45, 7) is 0.810. The Morgan fingerprint density at radius 2 is 0.806 bits per heavy atom. The van der Waals surface area contributed by atoms with Crippen LogP contribution in [-0.2, 0) is 18.0 Å². The first-order chi connectivity index (χ1) is 15.1. The highest BCUT2D eigenvalue weighted by Gasteiger charge is 2.14. The Balaban J connectivity index is 1.59. The number of hydrogen-bond donors (Lipinski definition) is 0. The zero-order valence-electron chi connectivity index (χ0n) is 16.4. The van der Waals surface area contributed by atoms with Crippen LogP contribution in [0, 0.1) is 0 Å². The molecule has 0 fully saturated rings. The maximum atomic E-state index is 6.43. The fraction of sp³-hybridized carbons (Fsp3) is 0.0769. The smallest absolute Gasteiger partial charge is 0.0727 e. The lowest BCUT2D eigenvalue weighted by molar-refractivity contribution is 0.108. The SMILES string of the molecule is Clc1cccc(Cl)c1-c1ccccc1COCc1ccccc1-c1c(Cl)cccc1Cl. The van der Waals surface area contributed by atoms with Gasteiger partial charge in [0.2, 0.25) is 0 Å². The second kappa shape index (κ2) is 10.1. The third-order valence-electron chi connectivity index (χ3n) is 5.01. The summed E-state index contributed by atoms with van der Waals surface area (Å²) < 4.78 is 6.12. The van der Waals surface area contributed by atoms with Crippen LogP contribution >= 0.6 is 46.4 Å². The van der Waals surface area contributed by atoms with Crippen molar-refractivity contribution in [2.75, 3.05) is 0 Å². The van der Waals surface area contributed by atoms with E-state index in [1.165, 1.54) is 0 Å². The molecule has 4 aromatic rings.